The first-order valence-electron chi connectivity index (χ1n) is 7.83. The lowest BCUT2D eigenvalue weighted by Gasteiger charge is -2.05. The van der Waals surface area contributed by atoms with E-state index in [-0.39, 0.29) is 15.1 Å². The molecule has 12 heteroatoms. The minimum atomic E-state index is -3.83. The number of hydrogen-bond acceptors (Lipinski definition) is 5. The van der Waals surface area contributed by atoms with Gasteiger partial charge in [0, 0.05) is 0 Å². The molecule has 0 fully saturated rings. The first kappa shape index (κ1) is 19.5. The van der Waals surface area contributed by atoms with Crippen molar-refractivity contribution < 1.29 is 30.4 Å². The van der Waals surface area contributed by atoms with Gasteiger partial charge in [-0.1, -0.05) is 41.7 Å². The highest BCUT2D eigenvalue weighted by Gasteiger charge is 2.29. The maximum absolute atomic E-state index is 14.0. The smallest absolute Gasteiger partial charge is 0.221 e. The third-order valence-electron chi connectivity index (χ3n) is 3.96. The molecule has 0 aliphatic rings. The lowest BCUT2D eigenvalue weighted by atomic mass is 10.1. The summed E-state index contributed by atoms with van der Waals surface area (Å²) in [4.78, 5) is 3.69. The second-order valence-electron chi connectivity index (χ2n) is 5.91. The maximum Gasteiger partial charge on any atom is 0.232 e. The SMILES string of the molecule is O=S(=O)(Cc1ccccc1)c1nn2cc(-c3c(F)c(F)c(F)c(F)c3F)nc2s1. The first-order valence-corrected chi connectivity index (χ1v) is 10.3. The van der Waals surface area contributed by atoms with Crippen molar-refractivity contribution in [3.8, 4) is 11.3 Å². The Bertz CT molecular complexity index is 1290. The molecule has 2 heterocycles. The molecule has 0 atom stereocenters. The van der Waals surface area contributed by atoms with Crippen molar-refractivity contribution in [2.24, 2.45) is 0 Å². The van der Waals surface area contributed by atoms with Gasteiger partial charge in [0.25, 0.3) is 0 Å². The average molecular weight is 445 g/mol. The molecule has 0 N–H and O–H groups in total. The zero-order valence-corrected chi connectivity index (χ0v) is 15.7. The number of rotatable bonds is 4. The second kappa shape index (κ2) is 6.88. The number of hydrogen-bond donors (Lipinski definition) is 0. The molecule has 0 aliphatic carbocycles. The third kappa shape index (κ3) is 3.27. The zero-order valence-electron chi connectivity index (χ0n) is 14.0. The molecule has 5 nitrogen and oxygen atoms in total. The van der Waals surface area contributed by atoms with Crippen LogP contribution in [0, 0.1) is 29.1 Å². The minimum Gasteiger partial charge on any atom is -0.221 e. The lowest BCUT2D eigenvalue weighted by Crippen LogP contribution is -2.05. The van der Waals surface area contributed by atoms with Crippen LogP contribution in [0.15, 0.2) is 40.9 Å². The molecular formula is C17H8F5N3O2S2. The molecule has 0 spiro atoms. The van der Waals surface area contributed by atoms with Crippen LogP contribution in [0.2, 0.25) is 0 Å². The summed E-state index contributed by atoms with van der Waals surface area (Å²) in [5, 5.41) is 3.83. The minimum absolute atomic E-state index is 0.0874. The van der Waals surface area contributed by atoms with Crippen molar-refractivity contribution in [1.29, 1.82) is 0 Å². The van der Waals surface area contributed by atoms with E-state index in [0.717, 1.165) is 10.7 Å². The monoisotopic (exact) mass is 445 g/mol. The highest BCUT2D eigenvalue weighted by molar-refractivity contribution is 7.92. The molecule has 0 saturated heterocycles. The van der Waals surface area contributed by atoms with Crippen LogP contribution in [0.25, 0.3) is 16.2 Å². The van der Waals surface area contributed by atoms with Crippen LogP contribution in [0.1, 0.15) is 5.56 Å². The van der Waals surface area contributed by atoms with Gasteiger partial charge in [0.05, 0.1) is 23.2 Å². The van der Waals surface area contributed by atoms with E-state index in [0.29, 0.717) is 16.9 Å². The molecule has 150 valence electrons. The van der Waals surface area contributed by atoms with Gasteiger partial charge in [0.2, 0.25) is 25.0 Å². The fourth-order valence-electron chi connectivity index (χ4n) is 2.61. The van der Waals surface area contributed by atoms with E-state index < -0.39 is 50.2 Å². The van der Waals surface area contributed by atoms with E-state index in [4.69, 9.17) is 0 Å². The Morgan fingerprint density at radius 3 is 2.07 bits per heavy atom. The molecule has 4 rings (SSSR count). The Morgan fingerprint density at radius 1 is 0.897 bits per heavy atom. The van der Waals surface area contributed by atoms with Crippen molar-refractivity contribution in [1.82, 2.24) is 14.6 Å². The van der Waals surface area contributed by atoms with E-state index in [1.165, 1.54) is 0 Å². The summed E-state index contributed by atoms with van der Waals surface area (Å²) < 4.78 is 93.5. The Balaban J connectivity index is 1.75. The van der Waals surface area contributed by atoms with E-state index in [1.54, 1.807) is 30.3 Å². The summed E-state index contributed by atoms with van der Waals surface area (Å²) in [6.07, 6.45) is 0.894. The van der Waals surface area contributed by atoms with Gasteiger partial charge < -0.3 is 0 Å². The Hall–Kier alpha value is -2.86. The normalized spacial score (nSPS) is 12.0. The molecule has 0 aliphatic heterocycles. The summed E-state index contributed by atoms with van der Waals surface area (Å²) in [7, 11) is -3.83. The zero-order chi connectivity index (χ0) is 20.9. The van der Waals surface area contributed by atoms with Gasteiger partial charge in [0.15, 0.2) is 23.3 Å². The molecule has 2 aromatic heterocycles. The van der Waals surface area contributed by atoms with Crippen LogP contribution in [0.3, 0.4) is 0 Å². The molecule has 0 unspecified atom stereocenters. The van der Waals surface area contributed by atoms with Gasteiger partial charge in [-0.25, -0.2) is 39.9 Å². The van der Waals surface area contributed by atoms with Crippen molar-refractivity contribution >= 4 is 26.1 Å². The van der Waals surface area contributed by atoms with E-state index in [2.05, 4.69) is 10.1 Å². The van der Waals surface area contributed by atoms with E-state index >= 15 is 0 Å². The average Bonchev–Trinajstić information content (AvgIpc) is 3.25. The molecule has 2 aromatic carbocycles. The van der Waals surface area contributed by atoms with Crippen molar-refractivity contribution in [2.75, 3.05) is 0 Å². The van der Waals surface area contributed by atoms with Crippen LogP contribution in [0.4, 0.5) is 22.0 Å². The van der Waals surface area contributed by atoms with Crippen molar-refractivity contribution in [3.63, 3.8) is 0 Å². The van der Waals surface area contributed by atoms with Gasteiger partial charge in [-0.3, -0.25) is 0 Å². The van der Waals surface area contributed by atoms with Crippen LogP contribution in [0.5, 0.6) is 0 Å². The highest BCUT2D eigenvalue weighted by atomic mass is 32.2. The van der Waals surface area contributed by atoms with E-state index in [1.807, 2.05) is 0 Å². The summed E-state index contributed by atoms with van der Waals surface area (Å²) in [5.74, 6) is -10.9. The largest absolute Gasteiger partial charge is 0.232 e. The summed E-state index contributed by atoms with van der Waals surface area (Å²) >= 11 is 0.609. The number of aromatic nitrogens is 3. The van der Waals surface area contributed by atoms with E-state index in [9.17, 15) is 30.4 Å². The van der Waals surface area contributed by atoms with Gasteiger partial charge in [0.1, 0.15) is 0 Å². The maximum atomic E-state index is 14.0. The second-order valence-corrected chi connectivity index (χ2v) is 9.03. The third-order valence-corrected chi connectivity index (χ3v) is 7.01. The summed E-state index contributed by atoms with van der Waals surface area (Å²) in [5.41, 5.74) is -1.25. The van der Waals surface area contributed by atoms with Crippen molar-refractivity contribution in [3.05, 3.63) is 71.2 Å². The van der Waals surface area contributed by atoms with Crippen LogP contribution in [-0.2, 0) is 15.6 Å². The quantitative estimate of drug-likeness (QED) is 0.269. The predicted molar refractivity (Wildman–Crippen MR) is 93.4 cm³/mol. The molecule has 4 aromatic rings. The number of halogens is 5. The van der Waals surface area contributed by atoms with Gasteiger partial charge >= 0.3 is 0 Å². The van der Waals surface area contributed by atoms with Gasteiger partial charge in [-0.15, -0.1) is 5.10 Å². The van der Waals surface area contributed by atoms with Crippen LogP contribution < -0.4 is 0 Å². The number of nitrogens with zero attached hydrogens (tertiary/aromatic N) is 3. The highest BCUT2D eigenvalue weighted by Crippen LogP contribution is 2.32. The van der Waals surface area contributed by atoms with Gasteiger partial charge in [-0.2, -0.15) is 0 Å². The molecule has 0 radical (unpaired) electrons. The van der Waals surface area contributed by atoms with Crippen LogP contribution in [-0.4, -0.2) is 23.0 Å². The number of sulfone groups is 1. The van der Waals surface area contributed by atoms with Crippen molar-refractivity contribution in [2.45, 2.75) is 10.1 Å². The standard InChI is InChI=1S/C17H8F5N3O2S2/c18-11-10(12(19)14(21)15(22)13(11)20)9-6-25-16(23-9)28-17(24-25)29(26,27)7-8-4-2-1-3-5-8/h1-6H,7H2. The number of benzene rings is 2. The lowest BCUT2D eigenvalue weighted by molar-refractivity contribution is 0.381. The predicted octanol–water partition coefficient (Wildman–Crippen LogP) is 4.13. The fraction of sp³-hybridized carbons (Fsp3) is 0.0588. The summed E-state index contributed by atoms with van der Waals surface area (Å²) in [6, 6.07) is 8.33. The number of imidazole rings is 1. The molecule has 0 amide bonds. The molecule has 0 saturated carbocycles. The van der Waals surface area contributed by atoms with Gasteiger partial charge in [-0.05, 0) is 5.56 Å². The number of fused-ring (bicyclic) bond motifs is 1. The Labute approximate surface area is 164 Å². The Morgan fingerprint density at radius 2 is 1.48 bits per heavy atom. The topological polar surface area (TPSA) is 64.3 Å². The molecular weight excluding hydrogens is 437 g/mol. The Kier molecular flexibility index (Phi) is 4.62. The molecule has 0 bridgehead atoms. The molecule has 29 heavy (non-hydrogen) atoms. The first-order chi connectivity index (χ1) is 13.7. The summed E-state index contributed by atoms with van der Waals surface area (Å²) in [6.45, 7) is 0. The fourth-order valence-corrected chi connectivity index (χ4v) is 5.10. The van der Waals surface area contributed by atoms with Crippen LogP contribution >= 0.6 is 11.3 Å².